The number of carbonyl (C=O) groups is 2. The van der Waals surface area contributed by atoms with E-state index in [1.54, 1.807) is 6.08 Å². The molecule has 6 heteroatoms. The van der Waals surface area contributed by atoms with Crippen LogP contribution in [0.2, 0.25) is 0 Å². The van der Waals surface area contributed by atoms with Crippen LogP contribution < -0.4 is 5.11 Å². The van der Waals surface area contributed by atoms with Crippen LogP contribution >= 0.6 is 24.0 Å². The molecule has 4 nitrogen and oxygen atoms in total. The first kappa shape index (κ1) is 15.7. The quantitative estimate of drug-likeness (QED) is 0.630. The van der Waals surface area contributed by atoms with E-state index in [-0.39, 0.29) is 18.9 Å². The molecule has 1 fully saturated rings. The molecule has 0 aromatic heterocycles. The molecule has 2 aromatic carbocycles. The zero-order valence-corrected chi connectivity index (χ0v) is 13.7. The second-order valence-corrected chi connectivity index (χ2v) is 6.70. The van der Waals surface area contributed by atoms with Gasteiger partial charge in [0.25, 0.3) is 5.91 Å². The van der Waals surface area contributed by atoms with E-state index >= 15 is 0 Å². The van der Waals surface area contributed by atoms with Crippen LogP contribution in [-0.4, -0.2) is 27.6 Å². The monoisotopic (exact) mass is 342 g/mol. The van der Waals surface area contributed by atoms with Gasteiger partial charge in [-0.3, -0.25) is 9.69 Å². The lowest BCUT2D eigenvalue weighted by molar-refractivity contribution is -0.305. The van der Waals surface area contributed by atoms with Crippen molar-refractivity contribution in [3.8, 4) is 0 Å². The molecule has 1 heterocycles. The van der Waals surface area contributed by atoms with Crippen LogP contribution in [0.4, 0.5) is 0 Å². The number of fused-ring (bicyclic) bond motifs is 1. The molecule has 0 aliphatic carbocycles. The maximum absolute atomic E-state index is 12.4. The summed E-state index contributed by atoms with van der Waals surface area (Å²) < 4.78 is 0.378. The summed E-state index contributed by atoms with van der Waals surface area (Å²) in [5, 5.41) is 12.7. The van der Waals surface area contributed by atoms with Crippen molar-refractivity contribution in [2.75, 3.05) is 6.54 Å². The number of amides is 1. The Morgan fingerprint density at radius 3 is 2.74 bits per heavy atom. The average Bonchev–Trinajstić information content (AvgIpc) is 2.79. The Balaban J connectivity index is 1.92. The van der Waals surface area contributed by atoms with E-state index in [9.17, 15) is 14.7 Å². The van der Waals surface area contributed by atoms with E-state index in [0.717, 1.165) is 16.3 Å². The van der Waals surface area contributed by atoms with Crippen molar-refractivity contribution in [1.82, 2.24) is 4.90 Å². The lowest BCUT2D eigenvalue weighted by atomic mass is 10.0. The highest BCUT2D eigenvalue weighted by atomic mass is 32.2. The third-order valence-electron chi connectivity index (χ3n) is 3.52. The van der Waals surface area contributed by atoms with Gasteiger partial charge in [0.05, 0.1) is 4.91 Å². The fourth-order valence-corrected chi connectivity index (χ4v) is 3.71. The van der Waals surface area contributed by atoms with Crippen LogP contribution in [0.15, 0.2) is 47.4 Å². The predicted octanol–water partition coefficient (Wildman–Crippen LogP) is 2.18. The van der Waals surface area contributed by atoms with Crippen molar-refractivity contribution < 1.29 is 14.7 Å². The van der Waals surface area contributed by atoms with Gasteiger partial charge in [-0.2, -0.15) is 0 Å². The third kappa shape index (κ3) is 3.28. The molecule has 0 spiro atoms. The van der Waals surface area contributed by atoms with Gasteiger partial charge in [-0.25, -0.2) is 0 Å². The van der Waals surface area contributed by atoms with E-state index in [4.69, 9.17) is 12.2 Å². The maximum atomic E-state index is 12.4. The molecule has 0 bridgehead atoms. The van der Waals surface area contributed by atoms with Crippen LogP contribution in [0.1, 0.15) is 12.0 Å². The van der Waals surface area contributed by atoms with Gasteiger partial charge in [-0.1, -0.05) is 66.4 Å². The largest absolute Gasteiger partial charge is 0.550 e. The van der Waals surface area contributed by atoms with Gasteiger partial charge in [0.1, 0.15) is 4.32 Å². The summed E-state index contributed by atoms with van der Waals surface area (Å²) in [7, 11) is 0. The summed E-state index contributed by atoms with van der Waals surface area (Å²) in [4.78, 5) is 24.8. The number of carboxylic acids is 1. The first-order valence-corrected chi connectivity index (χ1v) is 8.22. The number of nitrogens with zero attached hydrogens (tertiary/aromatic N) is 1. The Morgan fingerprint density at radius 2 is 1.96 bits per heavy atom. The summed E-state index contributed by atoms with van der Waals surface area (Å²) in [6.07, 6.45) is 1.58. The summed E-state index contributed by atoms with van der Waals surface area (Å²) in [6.45, 7) is 0.0415. The third-order valence-corrected chi connectivity index (χ3v) is 4.90. The molecule has 0 saturated carbocycles. The van der Waals surface area contributed by atoms with E-state index < -0.39 is 5.97 Å². The number of carbonyl (C=O) groups excluding carboxylic acids is 2. The van der Waals surface area contributed by atoms with Gasteiger partial charge in [0.15, 0.2) is 0 Å². The molecular weight excluding hydrogens is 330 g/mol. The lowest BCUT2D eigenvalue weighted by Crippen LogP contribution is -2.33. The van der Waals surface area contributed by atoms with E-state index in [1.807, 2.05) is 42.5 Å². The molecule has 2 aromatic rings. The number of thiocarbonyl (C=S) groups is 1. The molecule has 0 atom stereocenters. The van der Waals surface area contributed by atoms with Gasteiger partial charge in [-0.15, -0.1) is 0 Å². The number of hydrogen-bond donors (Lipinski definition) is 0. The van der Waals surface area contributed by atoms with Crippen molar-refractivity contribution in [1.29, 1.82) is 0 Å². The van der Waals surface area contributed by atoms with E-state index in [1.165, 1.54) is 16.7 Å². The van der Waals surface area contributed by atoms with Crippen molar-refractivity contribution in [2.45, 2.75) is 6.42 Å². The number of hydrogen-bond acceptors (Lipinski definition) is 5. The second kappa shape index (κ2) is 6.52. The molecule has 116 valence electrons. The fourth-order valence-electron chi connectivity index (χ4n) is 2.41. The highest BCUT2D eigenvalue weighted by Crippen LogP contribution is 2.33. The lowest BCUT2D eigenvalue weighted by Gasteiger charge is -2.14. The minimum Gasteiger partial charge on any atom is -0.550 e. The molecule has 3 rings (SSSR count). The molecule has 1 saturated heterocycles. The van der Waals surface area contributed by atoms with Gasteiger partial charge in [-0.05, 0) is 22.4 Å². The molecule has 1 aliphatic rings. The zero-order valence-electron chi connectivity index (χ0n) is 12.0. The smallest absolute Gasteiger partial charge is 0.266 e. The highest BCUT2D eigenvalue weighted by Gasteiger charge is 2.31. The van der Waals surface area contributed by atoms with Crippen molar-refractivity contribution in [3.05, 3.63) is 52.9 Å². The Bertz CT molecular complexity index is 839. The Labute approximate surface area is 142 Å². The number of rotatable bonds is 4. The first-order chi connectivity index (χ1) is 11.1. The van der Waals surface area contributed by atoms with Gasteiger partial charge < -0.3 is 9.90 Å². The summed E-state index contributed by atoms with van der Waals surface area (Å²) >= 11 is 6.37. The SMILES string of the molecule is O=C([O-])CCN1C(=O)/C(=C/c2cccc3ccccc23)SC1=S. The van der Waals surface area contributed by atoms with Crippen molar-refractivity contribution >= 4 is 57.0 Å². The molecule has 0 N–H and O–H groups in total. The maximum Gasteiger partial charge on any atom is 0.266 e. The molecule has 0 unspecified atom stereocenters. The summed E-state index contributed by atoms with van der Waals surface area (Å²) in [5.74, 6) is -1.45. The summed E-state index contributed by atoms with van der Waals surface area (Å²) in [5.41, 5.74) is 0.934. The topological polar surface area (TPSA) is 60.4 Å². The Morgan fingerprint density at radius 1 is 1.22 bits per heavy atom. The van der Waals surface area contributed by atoms with Crippen molar-refractivity contribution in [2.24, 2.45) is 0 Å². The zero-order chi connectivity index (χ0) is 16.4. The van der Waals surface area contributed by atoms with E-state index in [2.05, 4.69) is 0 Å². The van der Waals surface area contributed by atoms with Gasteiger partial charge >= 0.3 is 0 Å². The highest BCUT2D eigenvalue weighted by molar-refractivity contribution is 8.26. The predicted molar refractivity (Wildman–Crippen MR) is 93.5 cm³/mol. The Hall–Kier alpha value is -2.18. The molecular formula is C17H12NO3S2-. The minimum absolute atomic E-state index is 0.0415. The summed E-state index contributed by atoms with van der Waals surface area (Å²) in [6, 6.07) is 13.8. The Kier molecular flexibility index (Phi) is 4.45. The number of benzene rings is 2. The molecule has 1 aliphatic heterocycles. The van der Waals surface area contributed by atoms with Gasteiger partial charge in [0.2, 0.25) is 0 Å². The fraction of sp³-hybridized carbons (Fsp3) is 0.118. The van der Waals surface area contributed by atoms with Crippen LogP contribution in [-0.2, 0) is 9.59 Å². The molecule has 1 amide bonds. The minimum atomic E-state index is -1.20. The van der Waals surface area contributed by atoms with Crippen LogP contribution in [0.3, 0.4) is 0 Å². The number of carboxylic acid groups (broad SMARTS) is 1. The van der Waals surface area contributed by atoms with E-state index in [0.29, 0.717) is 9.23 Å². The van der Waals surface area contributed by atoms with Crippen LogP contribution in [0.25, 0.3) is 16.8 Å². The number of thioether (sulfide) groups is 1. The van der Waals surface area contributed by atoms with Crippen LogP contribution in [0.5, 0.6) is 0 Å². The second-order valence-electron chi connectivity index (χ2n) is 5.02. The molecule has 0 radical (unpaired) electrons. The number of aliphatic carboxylic acids is 1. The average molecular weight is 342 g/mol. The molecule has 23 heavy (non-hydrogen) atoms. The first-order valence-electron chi connectivity index (χ1n) is 6.99. The standard InChI is InChI=1S/C17H13NO3S2/c19-15(20)8-9-18-16(21)14(23-17(18)22)10-12-6-3-5-11-4-1-2-7-13(11)12/h1-7,10H,8-9H2,(H,19,20)/p-1/b14-10-. The van der Waals surface area contributed by atoms with Crippen molar-refractivity contribution in [3.63, 3.8) is 0 Å². The van der Waals surface area contributed by atoms with Crippen LogP contribution in [0, 0.1) is 0 Å². The van der Waals surface area contributed by atoms with Gasteiger partial charge in [0, 0.05) is 18.9 Å². The normalized spacial score (nSPS) is 16.5.